The first-order valence-electron chi connectivity index (χ1n) is 8.03. The zero-order valence-electron chi connectivity index (χ0n) is 14.1. The van der Waals surface area contributed by atoms with Gasteiger partial charge in [-0.3, -0.25) is 4.79 Å². The molecule has 3 rings (SSSR count). The molecule has 0 aliphatic carbocycles. The molecular formula is C17H22N4O2. The van der Waals surface area contributed by atoms with Crippen LogP contribution < -0.4 is 0 Å². The lowest BCUT2D eigenvalue weighted by Crippen LogP contribution is -2.37. The van der Waals surface area contributed by atoms with Crippen molar-refractivity contribution in [1.82, 2.24) is 20.0 Å². The number of rotatable bonds is 2. The van der Waals surface area contributed by atoms with Crippen molar-refractivity contribution in [3.8, 4) is 11.4 Å². The minimum absolute atomic E-state index is 0.0298. The molecule has 23 heavy (non-hydrogen) atoms. The van der Waals surface area contributed by atoms with E-state index in [1.807, 2.05) is 31.7 Å². The van der Waals surface area contributed by atoms with E-state index in [1.54, 1.807) is 6.92 Å². The fraction of sp³-hybridized carbons (Fsp3) is 0.529. The molecule has 1 aliphatic heterocycles. The first kappa shape index (κ1) is 15.6. The monoisotopic (exact) mass is 314 g/mol. The fourth-order valence-electron chi connectivity index (χ4n) is 3.29. The molecule has 1 aliphatic rings. The van der Waals surface area contributed by atoms with Crippen LogP contribution in [0.15, 0.2) is 10.6 Å². The summed E-state index contributed by atoms with van der Waals surface area (Å²) < 4.78 is 5.24. The van der Waals surface area contributed by atoms with Crippen LogP contribution in [-0.2, 0) is 4.79 Å². The van der Waals surface area contributed by atoms with Crippen molar-refractivity contribution in [3.05, 3.63) is 28.9 Å². The Bertz CT molecular complexity index is 719. The normalized spacial score (nSPS) is 18.3. The van der Waals surface area contributed by atoms with Crippen LogP contribution in [0.1, 0.15) is 55.1 Å². The topological polar surface area (TPSA) is 72.1 Å². The summed E-state index contributed by atoms with van der Waals surface area (Å²) in [7, 11) is 0. The summed E-state index contributed by atoms with van der Waals surface area (Å²) in [6.45, 7) is 8.13. The molecule has 0 N–H and O–H groups in total. The van der Waals surface area contributed by atoms with E-state index in [1.165, 1.54) is 0 Å². The number of amides is 1. The van der Waals surface area contributed by atoms with E-state index in [4.69, 9.17) is 9.51 Å². The first-order valence-corrected chi connectivity index (χ1v) is 8.03. The number of hydrogen-bond donors (Lipinski definition) is 0. The average molecular weight is 314 g/mol. The Hall–Kier alpha value is -2.24. The maximum absolute atomic E-state index is 11.9. The van der Waals surface area contributed by atoms with Gasteiger partial charge in [0.1, 0.15) is 5.76 Å². The van der Waals surface area contributed by atoms with Crippen molar-refractivity contribution < 1.29 is 9.32 Å². The van der Waals surface area contributed by atoms with Crippen LogP contribution in [0.2, 0.25) is 0 Å². The largest absolute Gasteiger partial charge is 0.361 e. The number of aromatic nitrogens is 3. The van der Waals surface area contributed by atoms with Gasteiger partial charge in [0.15, 0.2) is 5.82 Å². The average Bonchev–Trinajstić information content (AvgIpc) is 2.85. The number of aryl methyl sites for hydroxylation is 3. The summed E-state index contributed by atoms with van der Waals surface area (Å²) in [4.78, 5) is 23.2. The number of carbonyl (C=O) groups excluding carboxylic acids is 1. The van der Waals surface area contributed by atoms with Crippen LogP contribution in [0.4, 0.5) is 0 Å². The quantitative estimate of drug-likeness (QED) is 0.851. The van der Waals surface area contributed by atoms with Gasteiger partial charge in [0.2, 0.25) is 5.91 Å². The van der Waals surface area contributed by atoms with Crippen molar-refractivity contribution in [3.63, 3.8) is 0 Å². The summed E-state index contributed by atoms with van der Waals surface area (Å²) in [5, 5.41) is 3.99. The summed E-state index contributed by atoms with van der Waals surface area (Å²) in [5.41, 5.74) is 3.42. The van der Waals surface area contributed by atoms with E-state index in [-0.39, 0.29) is 11.9 Å². The molecule has 6 heteroatoms. The third-order valence-corrected chi connectivity index (χ3v) is 4.38. The van der Waals surface area contributed by atoms with E-state index in [0.29, 0.717) is 11.6 Å². The van der Waals surface area contributed by atoms with Crippen LogP contribution >= 0.6 is 0 Å². The number of hydrogen-bond acceptors (Lipinski definition) is 5. The Labute approximate surface area is 135 Å². The van der Waals surface area contributed by atoms with Gasteiger partial charge in [-0.15, -0.1) is 0 Å². The number of nitrogens with zero attached hydrogens (tertiary/aromatic N) is 4. The molecule has 1 fully saturated rings. The van der Waals surface area contributed by atoms with Gasteiger partial charge in [-0.1, -0.05) is 5.16 Å². The molecule has 6 nitrogen and oxygen atoms in total. The highest BCUT2D eigenvalue weighted by Crippen LogP contribution is 2.32. The Morgan fingerprint density at radius 1 is 1.26 bits per heavy atom. The molecule has 1 saturated heterocycles. The number of piperidine rings is 1. The predicted molar refractivity (Wildman–Crippen MR) is 85.7 cm³/mol. The van der Waals surface area contributed by atoms with Crippen LogP contribution in [0.25, 0.3) is 11.4 Å². The van der Waals surface area contributed by atoms with E-state index in [9.17, 15) is 4.79 Å². The van der Waals surface area contributed by atoms with Crippen molar-refractivity contribution in [2.45, 2.75) is 53.0 Å². The summed E-state index contributed by atoms with van der Waals surface area (Å²) in [6, 6.07) is 2.01. The van der Waals surface area contributed by atoms with Gasteiger partial charge in [-0.25, -0.2) is 9.97 Å². The molecule has 1 amide bonds. The molecule has 2 aromatic rings. The maximum atomic E-state index is 11.9. The molecule has 122 valence electrons. The van der Waals surface area contributed by atoms with Crippen molar-refractivity contribution in [2.75, 3.05) is 6.54 Å². The SMILES string of the molecule is CC(=O)N1CCCC[C@@H]1c1cc(C)nc(-c2c(C)noc2C)n1. The van der Waals surface area contributed by atoms with Gasteiger partial charge in [0.25, 0.3) is 0 Å². The van der Waals surface area contributed by atoms with Crippen LogP contribution in [0.5, 0.6) is 0 Å². The van der Waals surface area contributed by atoms with Crippen molar-refractivity contribution >= 4 is 5.91 Å². The van der Waals surface area contributed by atoms with Crippen LogP contribution in [0, 0.1) is 20.8 Å². The molecule has 0 bridgehead atoms. The summed E-state index contributed by atoms with van der Waals surface area (Å²) in [5.74, 6) is 1.45. The summed E-state index contributed by atoms with van der Waals surface area (Å²) in [6.07, 6.45) is 3.10. The molecule has 0 unspecified atom stereocenters. The van der Waals surface area contributed by atoms with E-state index in [0.717, 1.165) is 48.5 Å². The van der Waals surface area contributed by atoms with E-state index >= 15 is 0 Å². The second kappa shape index (κ2) is 6.10. The van der Waals surface area contributed by atoms with Gasteiger partial charge in [0, 0.05) is 19.2 Å². The fourth-order valence-corrected chi connectivity index (χ4v) is 3.29. The lowest BCUT2D eigenvalue weighted by atomic mass is 9.98. The second-order valence-electron chi connectivity index (χ2n) is 6.18. The molecule has 0 radical (unpaired) electrons. The lowest BCUT2D eigenvalue weighted by Gasteiger charge is -2.34. The van der Waals surface area contributed by atoms with Crippen LogP contribution in [-0.4, -0.2) is 32.5 Å². The number of likely N-dealkylation sites (tertiary alicyclic amines) is 1. The van der Waals surface area contributed by atoms with Gasteiger partial charge in [-0.2, -0.15) is 0 Å². The first-order chi connectivity index (χ1) is 11.0. The highest BCUT2D eigenvalue weighted by Gasteiger charge is 2.28. The third kappa shape index (κ3) is 2.98. The van der Waals surface area contributed by atoms with Gasteiger partial charge < -0.3 is 9.42 Å². The second-order valence-corrected chi connectivity index (χ2v) is 6.18. The van der Waals surface area contributed by atoms with Crippen molar-refractivity contribution in [2.24, 2.45) is 0 Å². The third-order valence-electron chi connectivity index (χ3n) is 4.38. The molecule has 0 spiro atoms. The van der Waals surface area contributed by atoms with Crippen LogP contribution in [0.3, 0.4) is 0 Å². The lowest BCUT2D eigenvalue weighted by molar-refractivity contribution is -0.132. The Morgan fingerprint density at radius 2 is 2.04 bits per heavy atom. The predicted octanol–water partition coefficient (Wildman–Crippen LogP) is 3.13. The van der Waals surface area contributed by atoms with Gasteiger partial charge in [0.05, 0.1) is 23.0 Å². The summed E-state index contributed by atoms with van der Waals surface area (Å²) >= 11 is 0. The zero-order valence-corrected chi connectivity index (χ0v) is 14.1. The van der Waals surface area contributed by atoms with E-state index in [2.05, 4.69) is 10.1 Å². The van der Waals surface area contributed by atoms with E-state index < -0.39 is 0 Å². The Morgan fingerprint density at radius 3 is 2.70 bits per heavy atom. The minimum Gasteiger partial charge on any atom is -0.361 e. The molecule has 3 heterocycles. The van der Waals surface area contributed by atoms with Crippen molar-refractivity contribution in [1.29, 1.82) is 0 Å². The molecule has 0 saturated carbocycles. The number of carbonyl (C=O) groups is 1. The van der Waals surface area contributed by atoms with Gasteiger partial charge >= 0.3 is 0 Å². The minimum atomic E-state index is 0.0298. The zero-order chi connectivity index (χ0) is 16.6. The highest BCUT2D eigenvalue weighted by atomic mass is 16.5. The highest BCUT2D eigenvalue weighted by molar-refractivity contribution is 5.74. The molecular weight excluding hydrogens is 292 g/mol. The van der Waals surface area contributed by atoms with Gasteiger partial charge in [-0.05, 0) is 46.1 Å². The molecule has 2 aromatic heterocycles. The Kier molecular flexibility index (Phi) is 4.15. The standard InChI is InChI=1S/C17H22N4O2/c1-10-9-14(15-7-5-6-8-21(15)13(4)22)19-17(18-10)16-11(2)20-23-12(16)3/h9,15H,5-8H2,1-4H3/t15-/m1/s1. The Balaban J connectivity index is 2.05. The molecule has 1 atom stereocenters. The maximum Gasteiger partial charge on any atom is 0.220 e. The smallest absolute Gasteiger partial charge is 0.220 e. The molecule has 0 aromatic carbocycles.